The molecule has 0 radical (unpaired) electrons. The van der Waals surface area contributed by atoms with Crippen LogP contribution in [0.2, 0.25) is 0 Å². The van der Waals surface area contributed by atoms with Crippen LogP contribution in [0.15, 0.2) is 0 Å². The van der Waals surface area contributed by atoms with Gasteiger partial charge in [-0.25, -0.2) is 4.57 Å². The number of phosphoric ester groups is 1. The second-order valence-electron chi connectivity index (χ2n) is 15.6. The van der Waals surface area contributed by atoms with Crippen LogP contribution in [0.1, 0.15) is 194 Å². The molecule has 0 amide bonds. The number of hydrogen-bond donors (Lipinski definition) is 6. The van der Waals surface area contributed by atoms with Gasteiger partial charge in [-0.15, -0.1) is 0 Å². The Morgan fingerprint density at radius 3 is 1.20 bits per heavy atom. The van der Waals surface area contributed by atoms with E-state index in [-0.39, 0.29) is 12.8 Å². The van der Waals surface area contributed by atoms with Gasteiger partial charge >= 0.3 is 19.8 Å². The molecule has 14 heteroatoms. The van der Waals surface area contributed by atoms with Crippen LogP contribution in [0.5, 0.6) is 0 Å². The predicted octanol–water partition coefficient (Wildman–Crippen LogP) is 7.72. The Morgan fingerprint density at radius 2 is 0.818 bits per heavy atom. The minimum atomic E-state index is -5.10. The van der Waals surface area contributed by atoms with Gasteiger partial charge < -0.3 is 39.9 Å². The predicted molar refractivity (Wildman–Crippen MR) is 212 cm³/mol. The molecule has 0 saturated heterocycles. The minimum Gasteiger partial charge on any atom is -0.462 e. The van der Waals surface area contributed by atoms with Gasteiger partial charge in [0.05, 0.1) is 6.61 Å². The van der Waals surface area contributed by atoms with Gasteiger partial charge in [-0.2, -0.15) is 0 Å². The second-order valence-corrected chi connectivity index (χ2v) is 17.0. The lowest BCUT2D eigenvalue weighted by atomic mass is 9.85. The number of esters is 2. The summed E-state index contributed by atoms with van der Waals surface area (Å²) in [6.07, 6.45) is 17.5. The van der Waals surface area contributed by atoms with Gasteiger partial charge in [0.25, 0.3) is 0 Å². The molecule has 326 valence electrons. The first kappa shape index (κ1) is 51.9. The van der Waals surface area contributed by atoms with E-state index in [9.17, 15) is 44.6 Å². The molecule has 0 heterocycles. The van der Waals surface area contributed by atoms with Crippen LogP contribution in [0.3, 0.4) is 0 Å². The Morgan fingerprint density at radius 1 is 0.491 bits per heavy atom. The third-order valence-corrected chi connectivity index (χ3v) is 11.4. The van der Waals surface area contributed by atoms with Crippen molar-refractivity contribution >= 4 is 19.8 Å². The summed E-state index contributed by atoms with van der Waals surface area (Å²) in [7, 11) is -5.10. The van der Waals surface area contributed by atoms with Crippen LogP contribution < -0.4 is 0 Å². The second kappa shape index (κ2) is 32.8. The van der Waals surface area contributed by atoms with Crippen molar-refractivity contribution in [3.05, 3.63) is 0 Å². The van der Waals surface area contributed by atoms with E-state index in [1.807, 2.05) is 0 Å². The first-order valence-corrected chi connectivity index (χ1v) is 23.3. The van der Waals surface area contributed by atoms with Gasteiger partial charge in [-0.1, -0.05) is 168 Å². The summed E-state index contributed by atoms with van der Waals surface area (Å²) >= 11 is 0. The number of carbonyl (C=O) groups excluding carboxylic acids is 2. The number of carbonyl (C=O) groups is 2. The zero-order valence-electron chi connectivity index (χ0n) is 34.2. The van der Waals surface area contributed by atoms with Crippen molar-refractivity contribution in [2.45, 2.75) is 236 Å². The lowest BCUT2D eigenvalue weighted by Crippen LogP contribution is -2.64. The van der Waals surface area contributed by atoms with E-state index in [0.717, 1.165) is 38.5 Å². The summed E-state index contributed by atoms with van der Waals surface area (Å²) in [4.78, 5) is 35.5. The van der Waals surface area contributed by atoms with Crippen LogP contribution in [0.4, 0.5) is 0 Å². The molecule has 6 N–H and O–H groups in total. The van der Waals surface area contributed by atoms with Gasteiger partial charge in [0, 0.05) is 12.8 Å². The molecule has 8 atom stereocenters. The summed E-state index contributed by atoms with van der Waals surface area (Å²) in [6, 6.07) is 0. The van der Waals surface area contributed by atoms with Crippen LogP contribution >= 0.6 is 7.82 Å². The van der Waals surface area contributed by atoms with Crippen molar-refractivity contribution in [2.24, 2.45) is 0 Å². The highest BCUT2D eigenvalue weighted by atomic mass is 31.2. The lowest BCUT2D eigenvalue weighted by molar-refractivity contribution is -0.220. The summed E-state index contributed by atoms with van der Waals surface area (Å²) in [5, 5.41) is 50.0. The van der Waals surface area contributed by atoms with Crippen LogP contribution in [0, 0.1) is 0 Å². The molecule has 0 aromatic heterocycles. The van der Waals surface area contributed by atoms with Gasteiger partial charge in [-0.05, 0) is 12.8 Å². The highest BCUT2D eigenvalue weighted by molar-refractivity contribution is 7.47. The molecule has 0 aromatic rings. The molecule has 1 rings (SSSR count). The molecule has 6 unspecified atom stereocenters. The Hall–Kier alpha value is -1.15. The van der Waals surface area contributed by atoms with Crippen molar-refractivity contribution in [2.75, 3.05) is 13.2 Å². The van der Waals surface area contributed by atoms with E-state index in [4.69, 9.17) is 18.5 Å². The average Bonchev–Trinajstić information content (AvgIpc) is 3.16. The molecular formula is C41H79O13P. The third-order valence-electron chi connectivity index (χ3n) is 10.4. The standard InChI is InChI=1S/C41H79O13P/c1-3-5-7-9-11-13-14-15-16-17-18-19-20-22-24-26-28-30-35(43)53-33(31-51-34(42)29-27-25-23-21-12-10-8-6-4-2)32-52-55(49,50)54-41-39(47)37(45)36(44)38(46)40(41)48/h33,36-41,44-48H,3-32H2,1-2H3,(H,49,50)/t33-,36?,37-,38?,39?,40?,41?/m1/s1. The van der Waals surface area contributed by atoms with Crippen molar-refractivity contribution < 1.29 is 63.1 Å². The van der Waals surface area contributed by atoms with Crippen LogP contribution in [-0.2, 0) is 32.7 Å². The normalized spacial score (nSPS) is 23.0. The zero-order valence-corrected chi connectivity index (χ0v) is 35.1. The first-order chi connectivity index (χ1) is 26.4. The fourth-order valence-corrected chi connectivity index (χ4v) is 7.85. The highest BCUT2D eigenvalue weighted by Crippen LogP contribution is 2.47. The smallest absolute Gasteiger partial charge is 0.462 e. The van der Waals surface area contributed by atoms with E-state index < -0.39 is 75.7 Å². The van der Waals surface area contributed by atoms with E-state index in [1.165, 1.54) is 116 Å². The molecule has 1 saturated carbocycles. The lowest BCUT2D eigenvalue weighted by Gasteiger charge is -2.41. The van der Waals surface area contributed by atoms with E-state index in [0.29, 0.717) is 12.8 Å². The molecule has 0 bridgehead atoms. The SMILES string of the molecule is CCCCCCCCCCCCCCCCCCCC(=O)O[C@H](COC(=O)CCCCCCCCCCC)COP(=O)(O)OC1C(O)C(O)C(O)[C@@H](O)C1O. The molecule has 1 aliphatic carbocycles. The molecule has 1 fully saturated rings. The highest BCUT2D eigenvalue weighted by Gasteiger charge is 2.51. The van der Waals surface area contributed by atoms with Crippen molar-refractivity contribution in [3.63, 3.8) is 0 Å². The summed E-state index contributed by atoms with van der Waals surface area (Å²) in [5.41, 5.74) is 0. The Labute approximate surface area is 331 Å². The van der Waals surface area contributed by atoms with Crippen molar-refractivity contribution in [1.29, 1.82) is 0 Å². The monoisotopic (exact) mass is 811 g/mol. The van der Waals surface area contributed by atoms with Gasteiger partial charge in [0.2, 0.25) is 0 Å². The van der Waals surface area contributed by atoms with E-state index in [1.54, 1.807) is 0 Å². The maximum atomic E-state index is 12.8. The van der Waals surface area contributed by atoms with Gasteiger partial charge in [-0.3, -0.25) is 18.6 Å². The van der Waals surface area contributed by atoms with Crippen LogP contribution in [0.25, 0.3) is 0 Å². The van der Waals surface area contributed by atoms with E-state index in [2.05, 4.69) is 13.8 Å². The number of aliphatic hydroxyl groups excluding tert-OH is 5. The number of ether oxygens (including phenoxy) is 2. The third kappa shape index (κ3) is 25.7. The first-order valence-electron chi connectivity index (χ1n) is 21.8. The maximum Gasteiger partial charge on any atom is 0.472 e. The Bertz CT molecular complexity index is 985. The van der Waals surface area contributed by atoms with Crippen molar-refractivity contribution in [3.8, 4) is 0 Å². The summed E-state index contributed by atoms with van der Waals surface area (Å²) in [5.74, 6) is -1.09. The largest absolute Gasteiger partial charge is 0.472 e. The zero-order chi connectivity index (χ0) is 40.7. The number of phosphoric acid groups is 1. The molecule has 0 spiro atoms. The fourth-order valence-electron chi connectivity index (χ4n) is 6.88. The number of unbranched alkanes of at least 4 members (excludes halogenated alkanes) is 24. The Kier molecular flexibility index (Phi) is 30.9. The summed E-state index contributed by atoms with van der Waals surface area (Å²) in [6.45, 7) is 3.28. The number of aliphatic hydroxyl groups is 5. The van der Waals surface area contributed by atoms with Gasteiger partial charge in [0.1, 0.15) is 43.2 Å². The quantitative estimate of drug-likeness (QED) is 0.0204. The number of hydrogen-bond acceptors (Lipinski definition) is 12. The number of rotatable bonds is 36. The average molecular weight is 811 g/mol. The fraction of sp³-hybridized carbons (Fsp3) is 0.951. The summed E-state index contributed by atoms with van der Waals surface area (Å²) < 4.78 is 33.4. The minimum absolute atomic E-state index is 0.105. The molecular weight excluding hydrogens is 731 g/mol. The molecule has 0 aromatic carbocycles. The molecule has 0 aliphatic heterocycles. The topological polar surface area (TPSA) is 210 Å². The van der Waals surface area contributed by atoms with Crippen molar-refractivity contribution in [1.82, 2.24) is 0 Å². The maximum absolute atomic E-state index is 12.8. The molecule has 1 aliphatic rings. The van der Waals surface area contributed by atoms with E-state index >= 15 is 0 Å². The molecule has 13 nitrogen and oxygen atoms in total. The van der Waals surface area contributed by atoms with Crippen LogP contribution in [-0.4, -0.2) is 98.3 Å². The van der Waals surface area contributed by atoms with Gasteiger partial charge in [0.15, 0.2) is 6.10 Å². The molecule has 55 heavy (non-hydrogen) atoms. The Balaban J connectivity index is 2.44.